The molecule has 0 unspecified atom stereocenters. The number of hydrogen-bond donors (Lipinski definition) is 2. The highest BCUT2D eigenvalue weighted by molar-refractivity contribution is 6.01. The van der Waals surface area contributed by atoms with Gasteiger partial charge in [-0.25, -0.2) is 4.79 Å². The van der Waals surface area contributed by atoms with Gasteiger partial charge in [0.25, 0.3) is 0 Å². The lowest BCUT2D eigenvalue weighted by atomic mass is 10.1. The summed E-state index contributed by atoms with van der Waals surface area (Å²) in [7, 11) is 1.59. The lowest BCUT2D eigenvalue weighted by molar-refractivity contribution is 0.0527. The van der Waals surface area contributed by atoms with Crippen molar-refractivity contribution in [3.63, 3.8) is 0 Å². The lowest BCUT2D eigenvalue weighted by Gasteiger charge is -2.07. The number of para-hydroxylation sites is 1. The van der Waals surface area contributed by atoms with E-state index in [0.29, 0.717) is 35.0 Å². The molecule has 2 rings (SSSR count). The van der Waals surface area contributed by atoms with Crippen molar-refractivity contribution in [1.82, 2.24) is 4.98 Å². The maximum atomic E-state index is 11.9. The quantitative estimate of drug-likeness (QED) is 0.840. The van der Waals surface area contributed by atoms with Crippen LogP contribution in [-0.4, -0.2) is 24.7 Å². The molecule has 106 valence electrons. The number of aryl methyl sites for hydroxylation is 1. The van der Waals surface area contributed by atoms with Crippen LogP contribution in [0.1, 0.15) is 23.0 Å². The summed E-state index contributed by atoms with van der Waals surface area (Å²) >= 11 is 0. The van der Waals surface area contributed by atoms with Gasteiger partial charge in [-0.3, -0.25) is 0 Å². The van der Waals surface area contributed by atoms with Crippen molar-refractivity contribution in [2.24, 2.45) is 0 Å². The van der Waals surface area contributed by atoms with Gasteiger partial charge in [-0.2, -0.15) is 0 Å². The van der Waals surface area contributed by atoms with Crippen LogP contribution < -0.4 is 10.5 Å². The van der Waals surface area contributed by atoms with Gasteiger partial charge in [0.2, 0.25) is 0 Å². The molecule has 3 N–H and O–H groups in total. The zero-order valence-electron chi connectivity index (χ0n) is 11.8. The monoisotopic (exact) mass is 274 g/mol. The minimum absolute atomic E-state index is 0.312. The van der Waals surface area contributed by atoms with Gasteiger partial charge < -0.3 is 20.2 Å². The van der Waals surface area contributed by atoms with Crippen LogP contribution in [0.4, 0.5) is 5.69 Å². The molecule has 0 saturated heterocycles. The Kier molecular flexibility index (Phi) is 3.98. The molecule has 2 aromatic rings. The maximum Gasteiger partial charge on any atom is 0.342 e. The molecule has 0 radical (unpaired) electrons. The number of aromatic amines is 1. The van der Waals surface area contributed by atoms with Crippen LogP contribution in [0.15, 0.2) is 24.3 Å². The highest BCUT2D eigenvalue weighted by Gasteiger charge is 2.22. The number of carbonyl (C=O) groups excluding carboxylic acids is 1. The molecule has 5 nitrogen and oxygen atoms in total. The van der Waals surface area contributed by atoms with E-state index >= 15 is 0 Å². The molecule has 0 spiro atoms. The smallest absolute Gasteiger partial charge is 0.342 e. The third-order valence-electron chi connectivity index (χ3n) is 3.08. The Morgan fingerprint density at radius 3 is 2.70 bits per heavy atom. The first-order valence-electron chi connectivity index (χ1n) is 6.38. The molecule has 1 aromatic heterocycles. The number of nitrogens with one attached hydrogen (secondary N) is 1. The fraction of sp³-hybridized carbons (Fsp3) is 0.267. The minimum Gasteiger partial charge on any atom is -0.496 e. The standard InChI is InChI=1S/C15H18N2O3/c1-4-20-15(18)12-9(2)17-14(13(12)16)10-7-5-6-8-11(10)19-3/h5-8,17H,4,16H2,1-3H3. The predicted octanol–water partition coefficient (Wildman–Crippen LogP) is 2.76. The molecule has 1 aromatic carbocycles. The first-order valence-corrected chi connectivity index (χ1v) is 6.38. The molecular weight excluding hydrogens is 256 g/mol. The van der Waals surface area contributed by atoms with Crippen LogP contribution in [0.3, 0.4) is 0 Å². The van der Waals surface area contributed by atoms with E-state index in [4.69, 9.17) is 15.2 Å². The second-order valence-electron chi connectivity index (χ2n) is 4.33. The van der Waals surface area contributed by atoms with Gasteiger partial charge in [-0.1, -0.05) is 12.1 Å². The summed E-state index contributed by atoms with van der Waals surface area (Å²) in [4.78, 5) is 15.1. The summed E-state index contributed by atoms with van der Waals surface area (Å²) < 4.78 is 10.3. The van der Waals surface area contributed by atoms with Gasteiger partial charge in [-0.15, -0.1) is 0 Å². The molecule has 5 heteroatoms. The van der Waals surface area contributed by atoms with Crippen LogP contribution in [-0.2, 0) is 4.74 Å². The zero-order chi connectivity index (χ0) is 14.7. The van der Waals surface area contributed by atoms with Crippen LogP contribution >= 0.6 is 0 Å². The molecule has 20 heavy (non-hydrogen) atoms. The number of aromatic nitrogens is 1. The van der Waals surface area contributed by atoms with Crippen molar-refractivity contribution in [1.29, 1.82) is 0 Å². The topological polar surface area (TPSA) is 77.3 Å². The largest absolute Gasteiger partial charge is 0.496 e. The fourth-order valence-electron chi connectivity index (χ4n) is 2.17. The van der Waals surface area contributed by atoms with Crippen LogP contribution in [0.5, 0.6) is 5.75 Å². The predicted molar refractivity (Wildman–Crippen MR) is 77.9 cm³/mol. The van der Waals surface area contributed by atoms with Crippen molar-refractivity contribution in [2.45, 2.75) is 13.8 Å². The number of esters is 1. The Hall–Kier alpha value is -2.43. The van der Waals surface area contributed by atoms with Crippen LogP contribution in [0.2, 0.25) is 0 Å². The molecule has 0 atom stereocenters. The molecule has 0 saturated carbocycles. The first kappa shape index (κ1) is 14.0. The van der Waals surface area contributed by atoms with Crippen LogP contribution in [0, 0.1) is 6.92 Å². The number of carbonyl (C=O) groups is 1. The average molecular weight is 274 g/mol. The van der Waals surface area contributed by atoms with Crippen molar-refractivity contribution >= 4 is 11.7 Å². The van der Waals surface area contributed by atoms with Gasteiger partial charge in [-0.05, 0) is 26.0 Å². The maximum absolute atomic E-state index is 11.9. The lowest BCUT2D eigenvalue weighted by Crippen LogP contribution is -2.07. The van der Waals surface area contributed by atoms with Gasteiger partial charge in [0, 0.05) is 11.3 Å². The summed E-state index contributed by atoms with van der Waals surface area (Å²) in [5.74, 6) is 0.274. The fourth-order valence-corrected chi connectivity index (χ4v) is 2.17. The van der Waals surface area contributed by atoms with Crippen molar-refractivity contribution in [3.05, 3.63) is 35.5 Å². The summed E-state index contributed by atoms with van der Waals surface area (Å²) in [6.45, 7) is 3.87. The summed E-state index contributed by atoms with van der Waals surface area (Å²) in [6.07, 6.45) is 0. The van der Waals surface area contributed by atoms with E-state index in [-0.39, 0.29) is 0 Å². The second-order valence-corrected chi connectivity index (χ2v) is 4.33. The Morgan fingerprint density at radius 1 is 1.35 bits per heavy atom. The van der Waals surface area contributed by atoms with Gasteiger partial charge in [0.05, 0.1) is 25.1 Å². The first-order chi connectivity index (χ1) is 9.60. The highest BCUT2D eigenvalue weighted by atomic mass is 16.5. The average Bonchev–Trinajstić information content (AvgIpc) is 2.74. The van der Waals surface area contributed by atoms with E-state index in [9.17, 15) is 4.79 Å². The molecular formula is C15H18N2O3. The molecule has 0 amide bonds. The Balaban J connectivity index is 2.54. The van der Waals surface area contributed by atoms with E-state index in [2.05, 4.69) is 4.98 Å². The van der Waals surface area contributed by atoms with Crippen molar-refractivity contribution in [3.8, 4) is 17.0 Å². The van der Waals surface area contributed by atoms with Crippen LogP contribution in [0.25, 0.3) is 11.3 Å². The molecule has 0 aliphatic heterocycles. The highest BCUT2D eigenvalue weighted by Crippen LogP contribution is 2.36. The summed E-state index contributed by atoms with van der Waals surface area (Å²) in [6, 6.07) is 7.49. The van der Waals surface area contributed by atoms with E-state index in [0.717, 1.165) is 5.56 Å². The number of H-pyrrole nitrogens is 1. The number of benzene rings is 1. The molecule has 0 fully saturated rings. The molecule has 0 aliphatic carbocycles. The van der Waals surface area contributed by atoms with Gasteiger partial charge in [0.1, 0.15) is 11.3 Å². The van der Waals surface area contributed by atoms with Gasteiger partial charge >= 0.3 is 5.97 Å². The number of hydrogen-bond acceptors (Lipinski definition) is 4. The third-order valence-corrected chi connectivity index (χ3v) is 3.08. The van der Waals surface area contributed by atoms with Gasteiger partial charge in [0.15, 0.2) is 0 Å². The number of methoxy groups -OCH3 is 1. The van der Waals surface area contributed by atoms with Crippen molar-refractivity contribution in [2.75, 3.05) is 19.5 Å². The van der Waals surface area contributed by atoms with Crippen molar-refractivity contribution < 1.29 is 14.3 Å². The SMILES string of the molecule is CCOC(=O)c1c(C)[nH]c(-c2ccccc2OC)c1N. The Labute approximate surface area is 117 Å². The summed E-state index contributed by atoms with van der Waals surface area (Å²) in [5, 5.41) is 0. The van der Waals surface area contributed by atoms with E-state index < -0.39 is 5.97 Å². The Bertz CT molecular complexity index is 632. The summed E-state index contributed by atoms with van der Waals surface area (Å²) in [5.41, 5.74) is 9.03. The number of nitrogens with two attached hydrogens (primary N) is 1. The third kappa shape index (κ3) is 2.34. The number of rotatable bonds is 4. The number of ether oxygens (including phenoxy) is 2. The number of nitrogen functional groups attached to an aromatic ring is 1. The van der Waals surface area contributed by atoms with E-state index in [1.54, 1.807) is 21.0 Å². The molecule has 0 bridgehead atoms. The Morgan fingerprint density at radius 2 is 2.05 bits per heavy atom. The minimum atomic E-state index is -0.417. The zero-order valence-corrected chi connectivity index (χ0v) is 11.8. The second kappa shape index (κ2) is 5.69. The normalized spacial score (nSPS) is 10.3. The number of anilines is 1. The molecule has 0 aliphatic rings. The van der Waals surface area contributed by atoms with E-state index in [1.807, 2.05) is 24.3 Å². The molecule has 1 heterocycles. The van der Waals surface area contributed by atoms with E-state index in [1.165, 1.54) is 0 Å².